The van der Waals surface area contributed by atoms with Crippen LogP contribution in [-0.2, 0) is 16.8 Å². The minimum Gasteiger partial charge on any atom is -0.497 e. The van der Waals surface area contributed by atoms with Crippen molar-refractivity contribution >= 4 is 51.9 Å². The summed E-state index contributed by atoms with van der Waals surface area (Å²) < 4.78 is 8.36. The molecule has 1 fully saturated rings. The van der Waals surface area contributed by atoms with Gasteiger partial charge >= 0.3 is 0 Å². The Morgan fingerprint density at radius 1 is 1.11 bits per heavy atom. The number of hydrogen-bond acceptors (Lipinski definition) is 12. The van der Waals surface area contributed by atoms with Gasteiger partial charge in [-0.25, -0.2) is 14.6 Å². The first-order valence-electron chi connectivity index (χ1n) is 17.5. The number of likely N-dealkylation sites (N-methyl/N-ethyl adjacent to an activating group) is 1. The molecule has 1 saturated heterocycles. The quantitative estimate of drug-likeness (QED) is 0.191. The third kappa shape index (κ3) is 9.13. The fourth-order valence-electron chi connectivity index (χ4n) is 6.04. The molecule has 278 valence electrons. The fraction of sp³-hybridized carbons (Fsp3) is 0.405. The molecule has 53 heavy (non-hydrogen) atoms. The van der Waals surface area contributed by atoms with Crippen molar-refractivity contribution in [2.45, 2.75) is 45.6 Å². The molecule has 16 heteroatoms. The van der Waals surface area contributed by atoms with Crippen molar-refractivity contribution in [1.29, 1.82) is 0 Å². The number of methoxy groups -OCH3 is 1. The molecule has 5 aromatic rings. The van der Waals surface area contributed by atoms with E-state index in [4.69, 9.17) is 9.72 Å². The molecule has 0 bridgehead atoms. The van der Waals surface area contributed by atoms with Crippen LogP contribution in [0.25, 0.3) is 17.8 Å². The van der Waals surface area contributed by atoms with E-state index in [2.05, 4.69) is 56.8 Å². The van der Waals surface area contributed by atoms with E-state index in [1.165, 1.54) is 15.7 Å². The van der Waals surface area contributed by atoms with Crippen molar-refractivity contribution < 1.29 is 14.3 Å². The van der Waals surface area contributed by atoms with Gasteiger partial charge in [0.15, 0.2) is 11.0 Å². The highest BCUT2D eigenvalue weighted by molar-refractivity contribution is 7.14. The maximum Gasteiger partial charge on any atom is 0.267 e. The van der Waals surface area contributed by atoms with Crippen LogP contribution in [0, 0.1) is 5.92 Å². The summed E-state index contributed by atoms with van der Waals surface area (Å²) in [6.45, 7) is 8.69. The topological polar surface area (TPSA) is 165 Å². The first-order chi connectivity index (χ1) is 25.4. The number of fused-ring (bicyclic) bond motifs is 1. The second-order valence-electron chi connectivity index (χ2n) is 14.4. The predicted molar refractivity (Wildman–Crippen MR) is 206 cm³/mol. The van der Waals surface area contributed by atoms with Crippen molar-refractivity contribution in [3.05, 3.63) is 86.5 Å². The summed E-state index contributed by atoms with van der Waals surface area (Å²) in [6, 6.07) is 10.8. The normalized spacial score (nSPS) is 15.0. The Kier molecular flexibility index (Phi) is 11.3. The Morgan fingerprint density at radius 2 is 1.91 bits per heavy atom. The van der Waals surface area contributed by atoms with Gasteiger partial charge in [-0.1, -0.05) is 32.9 Å². The molecule has 15 nitrogen and oxygen atoms in total. The number of benzene rings is 1. The van der Waals surface area contributed by atoms with Crippen molar-refractivity contribution in [1.82, 2.24) is 44.8 Å². The Balaban J connectivity index is 1.32. The molecule has 0 spiro atoms. The van der Waals surface area contributed by atoms with E-state index in [-0.39, 0.29) is 28.7 Å². The molecule has 1 aliphatic rings. The Labute approximate surface area is 311 Å². The van der Waals surface area contributed by atoms with Crippen molar-refractivity contribution in [3.63, 3.8) is 0 Å². The van der Waals surface area contributed by atoms with Crippen LogP contribution in [-0.4, -0.2) is 98.7 Å². The number of nitrogens with zero attached hydrogens (tertiary/aromatic N) is 9. The van der Waals surface area contributed by atoms with Crippen LogP contribution >= 0.6 is 11.3 Å². The van der Waals surface area contributed by atoms with Gasteiger partial charge in [0, 0.05) is 42.2 Å². The van der Waals surface area contributed by atoms with Crippen LogP contribution in [0.5, 0.6) is 5.75 Å². The number of nitrogens with one attached hydrogen (secondary N) is 2. The molecule has 2 N–H and O–H groups in total. The molecule has 1 unspecified atom stereocenters. The number of aromatic nitrogens is 7. The first-order valence-corrected chi connectivity index (χ1v) is 18.3. The number of tetrazole rings is 1. The monoisotopic (exact) mass is 739 g/mol. The molecule has 1 aromatic carbocycles. The van der Waals surface area contributed by atoms with Gasteiger partial charge in [-0.3, -0.25) is 24.1 Å². The summed E-state index contributed by atoms with van der Waals surface area (Å²) in [5.74, 6) is 1.45. The minimum atomic E-state index is -0.350. The van der Waals surface area contributed by atoms with Gasteiger partial charge in [0.05, 0.1) is 31.5 Å². The van der Waals surface area contributed by atoms with Gasteiger partial charge < -0.3 is 19.9 Å². The maximum absolute atomic E-state index is 14.3. The summed E-state index contributed by atoms with van der Waals surface area (Å²) in [5, 5.41) is 20.6. The predicted octanol–water partition coefficient (Wildman–Crippen LogP) is 3.81. The second kappa shape index (κ2) is 16.0. The van der Waals surface area contributed by atoms with Crippen LogP contribution in [0.3, 0.4) is 0 Å². The van der Waals surface area contributed by atoms with Gasteiger partial charge in [0.1, 0.15) is 17.2 Å². The first kappa shape index (κ1) is 37.3. The van der Waals surface area contributed by atoms with Gasteiger partial charge in [0.25, 0.3) is 11.5 Å². The average Bonchev–Trinajstić information content (AvgIpc) is 3.80. The van der Waals surface area contributed by atoms with Crippen LogP contribution in [0.15, 0.2) is 52.8 Å². The van der Waals surface area contributed by atoms with Gasteiger partial charge in [-0.15, -0.1) is 16.4 Å². The summed E-state index contributed by atoms with van der Waals surface area (Å²) in [5.41, 5.74) is 2.44. The van der Waals surface area contributed by atoms with Crippen molar-refractivity contribution in [2.75, 3.05) is 57.6 Å². The van der Waals surface area contributed by atoms with Crippen LogP contribution in [0.4, 0.5) is 10.9 Å². The lowest BCUT2D eigenvalue weighted by Crippen LogP contribution is -2.43. The molecule has 1 aliphatic heterocycles. The number of anilines is 2. The summed E-state index contributed by atoms with van der Waals surface area (Å²) in [7, 11) is 5.33. The van der Waals surface area contributed by atoms with Crippen molar-refractivity contribution in [3.8, 4) is 5.75 Å². The Bertz CT molecular complexity index is 2170. The van der Waals surface area contributed by atoms with Gasteiger partial charge in [-0.05, 0) is 85.3 Å². The number of amides is 2. The van der Waals surface area contributed by atoms with E-state index in [9.17, 15) is 14.4 Å². The zero-order valence-corrected chi connectivity index (χ0v) is 31.7. The number of carbonyl (C=O) groups is 2. The highest BCUT2D eigenvalue weighted by atomic mass is 32.1. The zero-order chi connectivity index (χ0) is 37.7. The van der Waals surface area contributed by atoms with Crippen LogP contribution < -0.4 is 25.8 Å². The summed E-state index contributed by atoms with van der Waals surface area (Å²) in [4.78, 5) is 53.6. The molecule has 0 radical (unpaired) electrons. The third-order valence-electron chi connectivity index (χ3n) is 8.92. The molecule has 1 atom stereocenters. The number of piperidine rings is 1. The van der Waals surface area contributed by atoms with E-state index < -0.39 is 0 Å². The van der Waals surface area contributed by atoms with Crippen LogP contribution in [0.2, 0.25) is 0 Å². The zero-order valence-electron chi connectivity index (χ0n) is 30.9. The SMILES string of the molecule is COc1ccc(Cn2nnnc2/C=C/c2c(N3CCCC(CNC(=O)CN(C)C)C3)nc3cc(C(=O)Nc4nc(C(C)(C)C)cs4)ccn3c2=O)cc1. The number of thiazole rings is 1. The number of pyridine rings is 1. The van der Waals surface area contributed by atoms with E-state index in [1.54, 1.807) is 42.3 Å². The van der Waals surface area contributed by atoms with E-state index in [0.29, 0.717) is 66.3 Å². The van der Waals surface area contributed by atoms with Crippen molar-refractivity contribution in [2.24, 2.45) is 5.92 Å². The second-order valence-corrected chi connectivity index (χ2v) is 15.3. The number of carbonyl (C=O) groups excluding carboxylic acids is 2. The highest BCUT2D eigenvalue weighted by Crippen LogP contribution is 2.28. The summed E-state index contributed by atoms with van der Waals surface area (Å²) in [6.07, 6.45) is 6.75. The maximum atomic E-state index is 14.3. The van der Waals surface area contributed by atoms with E-state index >= 15 is 0 Å². The Hall–Kier alpha value is -5.48. The fourth-order valence-corrected chi connectivity index (χ4v) is 6.98. The largest absolute Gasteiger partial charge is 0.497 e. The summed E-state index contributed by atoms with van der Waals surface area (Å²) >= 11 is 1.37. The number of ether oxygens (including phenoxy) is 1. The smallest absolute Gasteiger partial charge is 0.267 e. The van der Waals surface area contributed by atoms with Gasteiger partial charge in [-0.2, -0.15) is 0 Å². The molecule has 6 rings (SSSR count). The lowest BCUT2D eigenvalue weighted by Gasteiger charge is -2.34. The lowest BCUT2D eigenvalue weighted by atomic mass is 9.93. The lowest BCUT2D eigenvalue weighted by molar-refractivity contribution is -0.121. The standard InChI is InChI=1S/C37H45N11O4S/c1-37(2,3)29-23-53-36(39-29)41-34(50)26-15-17-47-31(18-26)40-33(46-16-7-8-25(20-46)19-38-32(49)22-45(4)5)28(35(47)51)13-14-30-42-43-44-48(30)21-24-9-11-27(52-6)12-10-24/h9-15,17-18,23,25H,7-8,16,19-22H2,1-6H3,(H,38,49)(H,39,41,50)/b14-13+. The Morgan fingerprint density at radius 3 is 2.62 bits per heavy atom. The molecule has 4 aromatic heterocycles. The van der Waals surface area contributed by atoms with Gasteiger partial charge in [0.2, 0.25) is 5.91 Å². The molecular weight excluding hydrogens is 695 g/mol. The molecule has 2 amide bonds. The van der Waals surface area contributed by atoms with Crippen LogP contribution in [0.1, 0.15) is 66.6 Å². The molecule has 0 saturated carbocycles. The third-order valence-corrected chi connectivity index (χ3v) is 9.67. The molecule has 0 aliphatic carbocycles. The van der Waals surface area contributed by atoms with E-state index in [1.807, 2.05) is 48.6 Å². The minimum absolute atomic E-state index is 0.0386. The number of hydrogen-bond donors (Lipinski definition) is 2. The molecule has 5 heterocycles. The average molecular weight is 740 g/mol. The number of rotatable bonds is 12. The van der Waals surface area contributed by atoms with E-state index in [0.717, 1.165) is 29.8 Å². The highest BCUT2D eigenvalue weighted by Gasteiger charge is 2.26. The molecular formula is C37H45N11O4S.